The maximum atomic E-state index is 11.1. The van der Waals surface area contributed by atoms with Crippen LogP contribution in [0.15, 0.2) is 30.5 Å². The predicted octanol–water partition coefficient (Wildman–Crippen LogP) is 4.31. The zero-order chi connectivity index (χ0) is 17.9. The lowest BCUT2D eigenvalue weighted by atomic mass is 9.84. The van der Waals surface area contributed by atoms with Gasteiger partial charge in [-0.15, -0.1) is 0 Å². The molecule has 0 unspecified atom stereocenters. The minimum absolute atomic E-state index is 0.497. The highest BCUT2D eigenvalue weighted by Crippen LogP contribution is 2.34. The molecule has 2 N–H and O–H groups in total. The molecule has 0 spiro atoms. The SMILES string of the molecule is CNc1cnc(C)c(N(CC2(O)CCCCC2)c2ccc(Cl)cc2)n1. The summed E-state index contributed by atoms with van der Waals surface area (Å²) in [4.78, 5) is 11.2. The number of aryl methyl sites for hydroxylation is 1. The maximum Gasteiger partial charge on any atom is 0.157 e. The Morgan fingerprint density at radius 1 is 1.20 bits per heavy atom. The van der Waals surface area contributed by atoms with Gasteiger partial charge in [-0.1, -0.05) is 30.9 Å². The smallest absolute Gasteiger partial charge is 0.157 e. The molecule has 1 aliphatic rings. The van der Waals surface area contributed by atoms with Crippen LogP contribution in [0.3, 0.4) is 0 Å². The predicted molar refractivity (Wildman–Crippen MR) is 103 cm³/mol. The summed E-state index contributed by atoms with van der Waals surface area (Å²) in [6, 6.07) is 7.64. The first kappa shape index (κ1) is 18.0. The minimum atomic E-state index is -0.707. The monoisotopic (exact) mass is 360 g/mol. The number of aliphatic hydroxyl groups is 1. The zero-order valence-corrected chi connectivity index (χ0v) is 15.6. The lowest BCUT2D eigenvalue weighted by molar-refractivity contribution is 0.0127. The van der Waals surface area contributed by atoms with Gasteiger partial charge in [0.05, 0.1) is 24.0 Å². The molecule has 2 aromatic rings. The van der Waals surface area contributed by atoms with Crippen LogP contribution in [0.4, 0.5) is 17.3 Å². The maximum absolute atomic E-state index is 11.1. The lowest BCUT2D eigenvalue weighted by Gasteiger charge is -2.38. The van der Waals surface area contributed by atoms with E-state index in [4.69, 9.17) is 16.6 Å². The number of rotatable bonds is 5. The summed E-state index contributed by atoms with van der Waals surface area (Å²) >= 11 is 6.05. The molecule has 1 saturated carbocycles. The Morgan fingerprint density at radius 3 is 2.52 bits per heavy atom. The fraction of sp³-hybridized carbons (Fsp3) is 0.474. The molecule has 0 radical (unpaired) electrons. The molecule has 0 saturated heterocycles. The number of hydrogen-bond acceptors (Lipinski definition) is 5. The Hall–Kier alpha value is -1.85. The Bertz CT molecular complexity index is 714. The summed E-state index contributed by atoms with van der Waals surface area (Å²) in [5.74, 6) is 1.46. The highest BCUT2D eigenvalue weighted by atomic mass is 35.5. The number of hydrogen-bond donors (Lipinski definition) is 2. The molecule has 0 bridgehead atoms. The molecule has 6 heteroatoms. The first-order valence-corrected chi connectivity index (χ1v) is 9.15. The van der Waals surface area contributed by atoms with Crippen LogP contribution in [0, 0.1) is 6.92 Å². The molecule has 3 rings (SSSR count). The van der Waals surface area contributed by atoms with Crippen LogP contribution < -0.4 is 10.2 Å². The molecule has 1 heterocycles. The van der Waals surface area contributed by atoms with Crippen molar-refractivity contribution in [1.29, 1.82) is 0 Å². The van der Waals surface area contributed by atoms with Gasteiger partial charge in [-0.2, -0.15) is 0 Å². The van der Waals surface area contributed by atoms with E-state index >= 15 is 0 Å². The van der Waals surface area contributed by atoms with Gasteiger partial charge in [0.2, 0.25) is 0 Å². The van der Waals surface area contributed by atoms with Gasteiger partial charge in [0.1, 0.15) is 5.82 Å². The van der Waals surface area contributed by atoms with Crippen molar-refractivity contribution in [2.24, 2.45) is 0 Å². The number of aromatic nitrogens is 2. The summed E-state index contributed by atoms with van der Waals surface area (Å²) in [6.45, 7) is 2.44. The Kier molecular flexibility index (Phi) is 5.45. The average Bonchev–Trinajstić information content (AvgIpc) is 2.62. The number of nitrogens with one attached hydrogen (secondary N) is 1. The second kappa shape index (κ2) is 7.58. The Balaban J connectivity index is 2.01. The van der Waals surface area contributed by atoms with Crippen LogP contribution in [-0.4, -0.2) is 34.3 Å². The highest BCUT2D eigenvalue weighted by Gasteiger charge is 2.33. The molecule has 0 amide bonds. The standard InChI is InChI=1S/C19H25ClN4O/c1-14-18(23-17(21-2)12-22-14)24(16-8-6-15(20)7-9-16)13-19(25)10-4-3-5-11-19/h6-9,12,25H,3-5,10-11,13H2,1-2H3,(H,21,23). The van der Waals surface area contributed by atoms with Gasteiger partial charge in [0.25, 0.3) is 0 Å². The van der Waals surface area contributed by atoms with Crippen molar-refractivity contribution in [3.63, 3.8) is 0 Å². The summed E-state index contributed by atoms with van der Waals surface area (Å²) in [5.41, 5.74) is 1.07. The number of anilines is 3. The Morgan fingerprint density at radius 2 is 1.88 bits per heavy atom. The molecule has 134 valence electrons. The van der Waals surface area contributed by atoms with Crippen LogP contribution in [-0.2, 0) is 0 Å². The molecular formula is C19H25ClN4O. The third kappa shape index (κ3) is 4.22. The van der Waals surface area contributed by atoms with Crippen LogP contribution in [0.2, 0.25) is 5.02 Å². The molecule has 0 aliphatic heterocycles. The lowest BCUT2D eigenvalue weighted by Crippen LogP contribution is -2.43. The summed E-state index contributed by atoms with van der Waals surface area (Å²) < 4.78 is 0. The van der Waals surface area contributed by atoms with Crippen molar-refractivity contribution in [3.05, 3.63) is 41.2 Å². The van der Waals surface area contributed by atoms with E-state index in [1.165, 1.54) is 6.42 Å². The fourth-order valence-electron chi connectivity index (χ4n) is 3.39. The van der Waals surface area contributed by atoms with E-state index in [1.807, 2.05) is 38.2 Å². The van der Waals surface area contributed by atoms with Crippen LogP contribution >= 0.6 is 11.6 Å². The van der Waals surface area contributed by atoms with Gasteiger partial charge in [-0.25, -0.2) is 4.98 Å². The van der Waals surface area contributed by atoms with E-state index in [-0.39, 0.29) is 0 Å². The van der Waals surface area contributed by atoms with Crippen molar-refractivity contribution in [2.45, 2.75) is 44.6 Å². The van der Waals surface area contributed by atoms with E-state index in [2.05, 4.69) is 15.2 Å². The number of nitrogens with zero attached hydrogens (tertiary/aromatic N) is 3. The first-order valence-electron chi connectivity index (χ1n) is 8.78. The van der Waals surface area contributed by atoms with Crippen LogP contribution in [0.5, 0.6) is 0 Å². The molecule has 25 heavy (non-hydrogen) atoms. The largest absolute Gasteiger partial charge is 0.388 e. The fourth-order valence-corrected chi connectivity index (χ4v) is 3.51. The van der Waals surface area contributed by atoms with Gasteiger partial charge >= 0.3 is 0 Å². The van der Waals surface area contributed by atoms with E-state index in [9.17, 15) is 5.11 Å². The quantitative estimate of drug-likeness (QED) is 0.831. The molecule has 1 aromatic carbocycles. The molecule has 1 fully saturated rings. The molecule has 1 aromatic heterocycles. The van der Waals surface area contributed by atoms with Gasteiger partial charge < -0.3 is 15.3 Å². The van der Waals surface area contributed by atoms with E-state index < -0.39 is 5.60 Å². The van der Waals surface area contributed by atoms with Crippen molar-refractivity contribution >= 4 is 28.9 Å². The summed E-state index contributed by atoms with van der Waals surface area (Å²) in [6.07, 6.45) is 6.66. The third-order valence-electron chi connectivity index (χ3n) is 4.82. The third-order valence-corrected chi connectivity index (χ3v) is 5.07. The summed E-state index contributed by atoms with van der Waals surface area (Å²) in [7, 11) is 1.82. The van der Waals surface area contributed by atoms with E-state index in [0.29, 0.717) is 17.4 Å². The van der Waals surface area contributed by atoms with Crippen LogP contribution in [0.25, 0.3) is 0 Å². The van der Waals surface area contributed by atoms with Gasteiger partial charge in [0.15, 0.2) is 5.82 Å². The van der Waals surface area contributed by atoms with Gasteiger partial charge in [0, 0.05) is 17.8 Å². The average molecular weight is 361 g/mol. The Labute approximate surface area is 154 Å². The number of halogens is 1. The van der Waals surface area contributed by atoms with Gasteiger partial charge in [-0.05, 0) is 44.0 Å². The number of benzene rings is 1. The first-order chi connectivity index (χ1) is 12.0. The summed E-state index contributed by atoms with van der Waals surface area (Å²) in [5, 5.41) is 14.8. The van der Waals surface area contributed by atoms with Crippen molar-refractivity contribution < 1.29 is 5.11 Å². The highest BCUT2D eigenvalue weighted by molar-refractivity contribution is 6.30. The van der Waals surface area contributed by atoms with Crippen molar-refractivity contribution in [1.82, 2.24) is 9.97 Å². The molecule has 0 atom stereocenters. The van der Waals surface area contributed by atoms with Gasteiger partial charge in [-0.3, -0.25) is 4.98 Å². The van der Waals surface area contributed by atoms with Crippen molar-refractivity contribution in [3.8, 4) is 0 Å². The molecule has 1 aliphatic carbocycles. The van der Waals surface area contributed by atoms with E-state index in [0.717, 1.165) is 42.9 Å². The van der Waals surface area contributed by atoms with Crippen LogP contribution in [0.1, 0.15) is 37.8 Å². The normalized spacial score (nSPS) is 16.5. The zero-order valence-electron chi connectivity index (χ0n) is 14.8. The topological polar surface area (TPSA) is 61.3 Å². The molecular weight excluding hydrogens is 336 g/mol. The second-order valence-corrected chi connectivity index (χ2v) is 7.20. The minimum Gasteiger partial charge on any atom is -0.388 e. The second-order valence-electron chi connectivity index (χ2n) is 6.76. The molecule has 5 nitrogen and oxygen atoms in total. The van der Waals surface area contributed by atoms with E-state index in [1.54, 1.807) is 6.20 Å². The van der Waals surface area contributed by atoms with Crippen molar-refractivity contribution in [2.75, 3.05) is 23.8 Å².